The molecule has 124 valence electrons. The van der Waals surface area contributed by atoms with E-state index in [-0.39, 0.29) is 5.91 Å². The summed E-state index contributed by atoms with van der Waals surface area (Å²) < 4.78 is 5.94. The quantitative estimate of drug-likeness (QED) is 0.919. The van der Waals surface area contributed by atoms with Crippen LogP contribution in [-0.4, -0.2) is 56.5 Å². The van der Waals surface area contributed by atoms with Crippen molar-refractivity contribution in [2.75, 3.05) is 40.8 Å². The Morgan fingerprint density at radius 2 is 2.17 bits per heavy atom. The fourth-order valence-electron chi connectivity index (χ4n) is 3.36. The van der Waals surface area contributed by atoms with Crippen molar-refractivity contribution >= 4 is 16.9 Å². The van der Waals surface area contributed by atoms with Crippen molar-refractivity contribution in [2.24, 2.45) is 5.92 Å². The van der Waals surface area contributed by atoms with Gasteiger partial charge >= 0.3 is 0 Å². The van der Waals surface area contributed by atoms with Crippen LogP contribution in [0.5, 0.6) is 0 Å². The highest BCUT2D eigenvalue weighted by Gasteiger charge is 2.30. The Morgan fingerprint density at radius 3 is 2.91 bits per heavy atom. The highest BCUT2D eigenvalue weighted by atomic mass is 16.3. The molecule has 1 unspecified atom stereocenters. The van der Waals surface area contributed by atoms with Crippen molar-refractivity contribution in [3.8, 4) is 0 Å². The number of benzene rings is 1. The van der Waals surface area contributed by atoms with Gasteiger partial charge in [-0.1, -0.05) is 18.2 Å². The lowest BCUT2D eigenvalue weighted by molar-refractivity contribution is 0.0755. The molecule has 0 aliphatic carbocycles. The van der Waals surface area contributed by atoms with Crippen molar-refractivity contribution in [1.29, 1.82) is 0 Å². The molecule has 5 nitrogen and oxygen atoms in total. The maximum Gasteiger partial charge on any atom is 0.289 e. The third kappa shape index (κ3) is 3.26. The number of para-hydroxylation sites is 1. The molecule has 1 aliphatic rings. The standard InChI is InChI=1S/C18H25N3O2/c1-19-10-13-8-9-21(11-13)18(22)17-15(12-20(2)3)14-6-4-5-7-16(14)23-17/h4-7,13,19H,8-12H2,1-3H3. The van der Waals surface area contributed by atoms with Crippen LogP contribution in [-0.2, 0) is 6.54 Å². The van der Waals surface area contributed by atoms with Gasteiger partial charge in [0.25, 0.3) is 5.91 Å². The first kappa shape index (κ1) is 16.0. The van der Waals surface area contributed by atoms with Gasteiger partial charge in [0.05, 0.1) is 0 Å². The number of nitrogens with one attached hydrogen (secondary N) is 1. The van der Waals surface area contributed by atoms with Crippen molar-refractivity contribution < 1.29 is 9.21 Å². The molecule has 1 fully saturated rings. The summed E-state index contributed by atoms with van der Waals surface area (Å²) in [6, 6.07) is 7.89. The SMILES string of the molecule is CNCC1CCN(C(=O)c2oc3ccccc3c2CN(C)C)C1. The summed E-state index contributed by atoms with van der Waals surface area (Å²) in [6.45, 7) is 3.27. The molecule has 0 radical (unpaired) electrons. The van der Waals surface area contributed by atoms with Crippen LogP contribution in [0.1, 0.15) is 22.5 Å². The van der Waals surface area contributed by atoms with Gasteiger partial charge in [0, 0.05) is 30.6 Å². The van der Waals surface area contributed by atoms with Crippen LogP contribution in [0.4, 0.5) is 0 Å². The average molecular weight is 315 g/mol. The number of rotatable bonds is 5. The number of carbonyl (C=O) groups excluding carboxylic acids is 1. The summed E-state index contributed by atoms with van der Waals surface area (Å²) in [7, 11) is 5.97. The van der Waals surface area contributed by atoms with Gasteiger partial charge in [0.15, 0.2) is 5.76 Å². The lowest BCUT2D eigenvalue weighted by atomic mass is 10.1. The van der Waals surface area contributed by atoms with E-state index >= 15 is 0 Å². The van der Waals surface area contributed by atoms with Crippen molar-refractivity contribution in [3.63, 3.8) is 0 Å². The van der Waals surface area contributed by atoms with Crippen LogP contribution in [0.2, 0.25) is 0 Å². The molecule has 0 spiro atoms. The van der Waals surface area contributed by atoms with Gasteiger partial charge in [-0.25, -0.2) is 0 Å². The Bertz CT molecular complexity index is 693. The van der Waals surface area contributed by atoms with Gasteiger partial charge in [-0.15, -0.1) is 0 Å². The number of carbonyl (C=O) groups is 1. The summed E-state index contributed by atoms with van der Waals surface area (Å²) in [4.78, 5) is 17.0. The molecule has 23 heavy (non-hydrogen) atoms. The first-order valence-corrected chi connectivity index (χ1v) is 8.19. The van der Waals surface area contributed by atoms with Gasteiger partial charge in [-0.3, -0.25) is 4.79 Å². The van der Waals surface area contributed by atoms with Crippen molar-refractivity contribution in [2.45, 2.75) is 13.0 Å². The fraction of sp³-hybridized carbons (Fsp3) is 0.500. The molecule has 0 bridgehead atoms. The molecular weight excluding hydrogens is 290 g/mol. The predicted molar refractivity (Wildman–Crippen MR) is 91.5 cm³/mol. The zero-order valence-electron chi connectivity index (χ0n) is 14.1. The first-order valence-electron chi connectivity index (χ1n) is 8.19. The number of fused-ring (bicyclic) bond motifs is 1. The van der Waals surface area contributed by atoms with Crippen LogP contribution in [0.25, 0.3) is 11.0 Å². The third-order valence-electron chi connectivity index (χ3n) is 4.43. The van der Waals surface area contributed by atoms with E-state index in [9.17, 15) is 4.79 Å². The highest BCUT2D eigenvalue weighted by molar-refractivity contribution is 5.99. The average Bonchev–Trinajstić information content (AvgIpc) is 3.12. The minimum atomic E-state index is 0.0247. The van der Waals surface area contributed by atoms with Crippen LogP contribution in [0, 0.1) is 5.92 Å². The second kappa shape index (κ2) is 6.72. The molecule has 1 saturated heterocycles. The summed E-state index contributed by atoms with van der Waals surface area (Å²) in [5, 5.41) is 4.24. The van der Waals surface area contributed by atoms with Gasteiger partial charge in [-0.05, 0) is 46.1 Å². The Labute approximate surface area is 137 Å². The van der Waals surface area contributed by atoms with E-state index in [1.165, 1.54) is 0 Å². The molecule has 3 rings (SSSR count). The molecule has 0 saturated carbocycles. The zero-order valence-corrected chi connectivity index (χ0v) is 14.1. The third-order valence-corrected chi connectivity index (χ3v) is 4.43. The van der Waals surface area contributed by atoms with E-state index in [1.807, 2.05) is 50.3 Å². The maximum absolute atomic E-state index is 13.0. The number of hydrogen-bond donors (Lipinski definition) is 1. The van der Waals surface area contributed by atoms with E-state index in [1.54, 1.807) is 0 Å². The van der Waals surface area contributed by atoms with Gasteiger partial charge in [-0.2, -0.15) is 0 Å². The fourth-order valence-corrected chi connectivity index (χ4v) is 3.36. The van der Waals surface area contributed by atoms with Crippen molar-refractivity contribution in [3.05, 3.63) is 35.6 Å². The van der Waals surface area contributed by atoms with Crippen LogP contribution in [0.15, 0.2) is 28.7 Å². The minimum absolute atomic E-state index is 0.0247. The monoisotopic (exact) mass is 315 g/mol. The summed E-state index contributed by atoms with van der Waals surface area (Å²) in [5.41, 5.74) is 1.78. The molecule has 1 aromatic heterocycles. The number of hydrogen-bond acceptors (Lipinski definition) is 4. The Morgan fingerprint density at radius 1 is 1.39 bits per heavy atom. The van der Waals surface area contributed by atoms with E-state index in [0.717, 1.165) is 42.6 Å². The zero-order chi connectivity index (χ0) is 16.4. The van der Waals surface area contributed by atoms with Crippen molar-refractivity contribution in [1.82, 2.24) is 15.1 Å². The first-order chi connectivity index (χ1) is 11.1. The normalized spacial score (nSPS) is 18.3. The maximum atomic E-state index is 13.0. The lowest BCUT2D eigenvalue weighted by Gasteiger charge is -2.17. The second-order valence-corrected chi connectivity index (χ2v) is 6.61. The Balaban J connectivity index is 1.91. The van der Waals surface area contributed by atoms with Crippen LogP contribution < -0.4 is 5.32 Å². The highest BCUT2D eigenvalue weighted by Crippen LogP contribution is 2.29. The number of nitrogens with zero attached hydrogens (tertiary/aromatic N) is 2. The largest absolute Gasteiger partial charge is 0.451 e. The minimum Gasteiger partial charge on any atom is -0.451 e. The summed E-state index contributed by atoms with van der Waals surface area (Å²) in [5.74, 6) is 1.06. The molecule has 1 aliphatic heterocycles. The van der Waals surface area contributed by atoms with E-state index in [2.05, 4.69) is 10.2 Å². The molecular formula is C18H25N3O2. The number of likely N-dealkylation sites (tertiary alicyclic amines) is 1. The number of amides is 1. The molecule has 2 heterocycles. The lowest BCUT2D eigenvalue weighted by Crippen LogP contribution is -2.31. The van der Waals surface area contributed by atoms with Crippen LogP contribution in [0.3, 0.4) is 0 Å². The molecule has 1 amide bonds. The molecule has 2 aromatic rings. The smallest absolute Gasteiger partial charge is 0.289 e. The summed E-state index contributed by atoms with van der Waals surface area (Å²) >= 11 is 0. The topological polar surface area (TPSA) is 48.7 Å². The number of furan rings is 1. The van der Waals surface area contributed by atoms with E-state index in [0.29, 0.717) is 18.2 Å². The summed E-state index contributed by atoms with van der Waals surface area (Å²) in [6.07, 6.45) is 1.05. The van der Waals surface area contributed by atoms with Gasteiger partial charge in [0.1, 0.15) is 5.58 Å². The van der Waals surface area contributed by atoms with E-state index < -0.39 is 0 Å². The Kier molecular flexibility index (Phi) is 4.68. The molecule has 1 aromatic carbocycles. The van der Waals surface area contributed by atoms with Crippen LogP contribution >= 0.6 is 0 Å². The predicted octanol–water partition coefficient (Wildman–Crippen LogP) is 2.18. The second-order valence-electron chi connectivity index (χ2n) is 6.61. The van der Waals surface area contributed by atoms with Gasteiger partial charge in [0.2, 0.25) is 0 Å². The van der Waals surface area contributed by atoms with E-state index in [4.69, 9.17) is 4.42 Å². The molecule has 1 atom stereocenters. The van der Waals surface area contributed by atoms with Gasteiger partial charge < -0.3 is 19.5 Å². The molecule has 5 heteroatoms. The Hall–Kier alpha value is -1.85. The molecule has 1 N–H and O–H groups in total.